The van der Waals surface area contributed by atoms with E-state index in [2.05, 4.69) is 16.9 Å². The molecule has 7 nitrogen and oxygen atoms in total. The number of para-hydroxylation sites is 1. The van der Waals surface area contributed by atoms with Crippen LogP contribution in [0.25, 0.3) is 21.9 Å². The summed E-state index contributed by atoms with van der Waals surface area (Å²) in [5.41, 5.74) is 3.86. The summed E-state index contributed by atoms with van der Waals surface area (Å²) in [4.78, 5) is 20.9. The minimum atomic E-state index is -3.80. The molecule has 156 valence electrons. The highest BCUT2D eigenvalue weighted by Gasteiger charge is 2.19. The van der Waals surface area contributed by atoms with Crippen molar-refractivity contribution in [3.05, 3.63) is 53.7 Å². The fraction of sp³-hybridized carbons (Fsp3) is 0.238. The van der Waals surface area contributed by atoms with E-state index in [4.69, 9.17) is 5.14 Å². The van der Waals surface area contributed by atoms with Crippen LogP contribution in [0.3, 0.4) is 0 Å². The highest BCUT2D eigenvalue weighted by Crippen LogP contribution is 2.29. The second-order valence-electron chi connectivity index (χ2n) is 7.12. The molecule has 0 aliphatic carbocycles. The number of hydrogen-bond donors (Lipinski definition) is 2. The van der Waals surface area contributed by atoms with Crippen molar-refractivity contribution in [1.82, 2.24) is 14.5 Å². The van der Waals surface area contributed by atoms with Crippen LogP contribution in [-0.4, -0.2) is 34.5 Å². The van der Waals surface area contributed by atoms with Crippen LogP contribution < -0.4 is 5.14 Å². The fourth-order valence-electron chi connectivity index (χ4n) is 3.65. The number of nitrogens with two attached hydrogens (primary N) is 1. The summed E-state index contributed by atoms with van der Waals surface area (Å²) < 4.78 is 25.4. The van der Waals surface area contributed by atoms with E-state index in [1.54, 1.807) is 6.07 Å². The predicted octanol–water partition coefficient (Wildman–Crippen LogP) is 3.86. The Morgan fingerprint density at radius 3 is 2.73 bits per heavy atom. The third-order valence-corrected chi connectivity index (χ3v) is 6.85. The van der Waals surface area contributed by atoms with Crippen molar-refractivity contribution in [2.45, 2.75) is 36.9 Å². The quantitative estimate of drug-likeness (QED) is 0.333. The number of ketones is 1. The number of benzene rings is 2. The largest absolute Gasteiger partial charge is 0.358 e. The minimum absolute atomic E-state index is 0.0234. The topological polar surface area (TPSA) is 111 Å². The summed E-state index contributed by atoms with van der Waals surface area (Å²) in [5.74, 6) is 0.257. The van der Waals surface area contributed by atoms with Gasteiger partial charge in [-0.15, -0.1) is 0 Å². The number of imidazole rings is 1. The molecule has 0 fully saturated rings. The van der Waals surface area contributed by atoms with Crippen molar-refractivity contribution in [3.63, 3.8) is 0 Å². The van der Waals surface area contributed by atoms with Crippen LogP contribution in [0.1, 0.15) is 29.4 Å². The average molecular weight is 443 g/mol. The molecule has 0 amide bonds. The lowest BCUT2D eigenvalue weighted by Gasteiger charge is -2.07. The summed E-state index contributed by atoms with van der Waals surface area (Å²) in [7, 11) is -3.80. The number of sulfonamides is 1. The molecule has 0 spiro atoms. The predicted molar refractivity (Wildman–Crippen MR) is 119 cm³/mol. The first-order valence-electron chi connectivity index (χ1n) is 9.56. The first-order valence-corrected chi connectivity index (χ1v) is 12.1. The van der Waals surface area contributed by atoms with Gasteiger partial charge in [0.15, 0.2) is 10.9 Å². The lowest BCUT2D eigenvalue weighted by molar-refractivity contribution is 0.102. The molecule has 0 saturated carbocycles. The smallest absolute Gasteiger partial charge is 0.238 e. The molecule has 4 aromatic rings. The number of aryl methyl sites for hydroxylation is 2. The molecule has 0 aliphatic heterocycles. The molecule has 3 N–H and O–H groups in total. The minimum Gasteiger partial charge on any atom is -0.358 e. The Morgan fingerprint density at radius 2 is 2.00 bits per heavy atom. The number of primary sulfonamides is 1. The highest BCUT2D eigenvalue weighted by molar-refractivity contribution is 7.99. The van der Waals surface area contributed by atoms with Crippen LogP contribution in [0.2, 0.25) is 0 Å². The van der Waals surface area contributed by atoms with E-state index >= 15 is 0 Å². The number of carbonyl (C=O) groups excluding carboxylic acids is 1. The highest BCUT2D eigenvalue weighted by atomic mass is 32.2. The maximum Gasteiger partial charge on any atom is 0.238 e. The van der Waals surface area contributed by atoms with Gasteiger partial charge in [-0.3, -0.25) is 4.79 Å². The van der Waals surface area contributed by atoms with Gasteiger partial charge in [-0.05, 0) is 37.6 Å². The SMILES string of the molecule is CCCn1c(SCC(=O)c2c(C)[nH]c3ccccc23)nc2cc(S(N)(=O)=O)ccc21. The Bertz CT molecular complexity index is 1370. The number of H-pyrrole nitrogens is 1. The number of rotatable bonds is 7. The Balaban J connectivity index is 1.66. The summed E-state index contributed by atoms with van der Waals surface area (Å²) in [6, 6.07) is 12.4. The Hall–Kier alpha value is -2.62. The van der Waals surface area contributed by atoms with E-state index in [0.29, 0.717) is 22.8 Å². The van der Waals surface area contributed by atoms with Gasteiger partial charge in [-0.25, -0.2) is 18.5 Å². The van der Waals surface area contributed by atoms with Crippen LogP contribution in [0, 0.1) is 6.92 Å². The molecule has 0 aliphatic rings. The molecule has 4 rings (SSSR count). The summed E-state index contributed by atoms with van der Waals surface area (Å²) >= 11 is 1.36. The molecule has 2 aromatic carbocycles. The van der Waals surface area contributed by atoms with E-state index in [0.717, 1.165) is 28.5 Å². The molecule has 2 heterocycles. The van der Waals surface area contributed by atoms with E-state index in [1.165, 1.54) is 23.9 Å². The average Bonchev–Trinajstić information content (AvgIpc) is 3.22. The molecular weight excluding hydrogens is 420 g/mol. The molecule has 2 aromatic heterocycles. The number of Topliss-reactive ketones (excluding diaryl/α,β-unsaturated/α-hetero) is 1. The summed E-state index contributed by atoms with van der Waals surface area (Å²) in [5, 5.41) is 6.85. The number of thioether (sulfide) groups is 1. The van der Waals surface area contributed by atoms with Gasteiger partial charge in [0, 0.05) is 28.7 Å². The monoisotopic (exact) mass is 442 g/mol. The molecule has 0 radical (unpaired) electrons. The van der Waals surface area contributed by atoms with Crippen LogP contribution in [0.4, 0.5) is 0 Å². The molecule has 0 saturated heterocycles. The number of fused-ring (bicyclic) bond motifs is 2. The van der Waals surface area contributed by atoms with Gasteiger partial charge in [0.1, 0.15) is 0 Å². The molecule has 0 unspecified atom stereocenters. The van der Waals surface area contributed by atoms with Crippen molar-refractivity contribution in [3.8, 4) is 0 Å². The zero-order chi connectivity index (χ0) is 21.5. The first kappa shape index (κ1) is 20.6. The third-order valence-electron chi connectivity index (χ3n) is 4.97. The molecule has 0 atom stereocenters. The zero-order valence-corrected chi connectivity index (χ0v) is 18.3. The van der Waals surface area contributed by atoms with Crippen molar-refractivity contribution in [1.29, 1.82) is 0 Å². The van der Waals surface area contributed by atoms with Crippen molar-refractivity contribution < 1.29 is 13.2 Å². The molecule has 30 heavy (non-hydrogen) atoms. The number of carbonyl (C=O) groups is 1. The van der Waals surface area contributed by atoms with E-state index < -0.39 is 10.0 Å². The van der Waals surface area contributed by atoms with Gasteiger partial charge >= 0.3 is 0 Å². The normalized spacial score (nSPS) is 12.1. The lowest BCUT2D eigenvalue weighted by atomic mass is 10.1. The Kier molecular flexibility index (Phi) is 5.44. The van der Waals surface area contributed by atoms with E-state index in [-0.39, 0.29) is 16.4 Å². The number of nitrogens with one attached hydrogen (secondary N) is 1. The summed E-state index contributed by atoms with van der Waals surface area (Å²) in [6.45, 7) is 4.67. The van der Waals surface area contributed by atoms with Gasteiger partial charge in [0.25, 0.3) is 0 Å². The van der Waals surface area contributed by atoms with Crippen molar-refractivity contribution >= 4 is 49.5 Å². The molecular formula is C21H22N4O3S2. The number of aromatic nitrogens is 3. The van der Waals surface area contributed by atoms with E-state index in [1.807, 2.05) is 35.8 Å². The number of hydrogen-bond acceptors (Lipinski definition) is 5. The zero-order valence-electron chi connectivity index (χ0n) is 16.7. The maximum absolute atomic E-state index is 13.0. The molecule has 0 bridgehead atoms. The van der Waals surface area contributed by atoms with Gasteiger partial charge in [-0.2, -0.15) is 0 Å². The second-order valence-corrected chi connectivity index (χ2v) is 9.63. The van der Waals surface area contributed by atoms with Crippen LogP contribution in [0.5, 0.6) is 0 Å². The van der Waals surface area contributed by atoms with Crippen molar-refractivity contribution in [2.24, 2.45) is 5.14 Å². The Morgan fingerprint density at radius 1 is 1.23 bits per heavy atom. The van der Waals surface area contributed by atoms with Crippen LogP contribution in [-0.2, 0) is 16.6 Å². The van der Waals surface area contributed by atoms with Gasteiger partial charge in [0.05, 0.1) is 21.7 Å². The van der Waals surface area contributed by atoms with Crippen molar-refractivity contribution in [2.75, 3.05) is 5.75 Å². The standard InChI is InChI=1S/C21H22N4O3S2/c1-3-10-25-18-9-8-14(30(22,27)28)11-17(18)24-21(25)29-12-19(26)20-13(2)23-16-7-5-4-6-15(16)20/h4-9,11,23H,3,10,12H2,1-2H3,(H2,22,27,28). The first-order chi connectivity index (χ1) is 14.3. The van der Waals surface area contributed by atoms with Gasteiger partial charge in [-0.1, -0.05) is 36.9 Å². The van der Waals surface area contributed by atoms with Crippen LogP contribution >= 0.6 is 11.8 Å². The van der Waals surface area contributed by atoms with Crippen LogP contribution in [0.15, 0.2) is 52.5 Å². The van der Waals surface area contributed by atoms with E-state index in [9.17, 15) is 13.2 Å². The molecule has 9 heteroatoms. The van der Waals surface area contributed by atoms with Gasteiger partial charge in [0.2, 0.25) is 10.0 Å². The lowest BCUT2D eigenvalue weighted by Crippen LogP contribution is -2.11. The summed E-state index contributed by atoms with van der Waals surface area (Å²) in [6.07, 6.45) is 0.880. The number of aromatic amines is 1. The maximum atomic E-state index is 13.0. The number of nitrogens with zero attached hydrogens (tertiary/aromatic N) is 2. The second kappa shape index (κ2) is 7.90. The van der Waals surface area contributed by atoms with Gasteiger partial charge < -0.3 is 9.55 Å². The Labute approximate surface area is 178 Å². The third kappa shape index (κ3) is 3.76. The fourth-order valence-corrected chi connectivity index (χ4v) is 5.10.